The lowest BCUT2D eigenvalue weighted by atomic mass is 9.49. The van der Waals surface area contributed by atoms with Crippen molar-refractivity contribution in [2.45, 2.75) is 75.2 Å². The molecule has 2 aromatic rings. The molecule has 7 heteroatoms. The number of terminal acetylenes is 1. The van der Waals surface area contributed by atoms with Gasteiger partial charge in [-0.15, -0.1) is 6.42 Å². The fraction of sp³-hybridized carbons (Fsp3) is 0.583. The van der Waals surface area contributed by atoms with Gasteiger partial charge in [-0.2, -0.15) is 0 Å². The Bertz CT molecular complexity index is 1540. The van der Waals surface area contributed by atoms with Crippen LogP contribution in [0.5, 0.6) is 5.75 Å². The van der Waals surface area contributed by atoms with Crippen molar-refractivity contribution < 1.29 is 23.1 Å². The van der Waals surface area contributed by atoms with Crippen molar-refractivity contribution in [2.24, 2.45) is 17.3 Å². The summed E-state index contributed by atoms with van der Waals surface area (Å²) < 4.78 is 29.7. The van der Waals surface area contributed by atoms with E-state index in [0.29, 0.717) is 43.9 Å². The van der Waals surface area contributed by atoms with Gasteiger partial charge in [-0.25, -0.2) is 8.42 Å². The zero-order valence-electron chi connectivity index (χ0n) is 25.1. The number of hydrogen-bond acceptors (Lipinski definition) is 6. The van der Waals surface area contributed by atoms with Gasteiger partial charge in [0.1, 0.15) is 18.0 Å². The van der Waals surface area contributed by atoms with Crippen LogP contribution >= 0.6 is 0 Å². The maximum Gasteiger partial charge on any atom is 0.237 e. The van der Waals surface area contributed by atoms with Crippen molar-refractivity contribution in [3.8, 4) is 18.1 Å². The Morgan fingerprint density at radius 2 is 1.79 bits per heavy atom. The van der Waals surface area contributed by atoms with Gasteiger partial charge < -0.3 is 9.84 Å². The van der Waals surface area contributed by atoms with E-state index in [-0.39, 0.29) is 23.3 Å². The van der Waals surface area contributed by atoms with E-state index < -0.39 is 26.6 Å². The molecular formula is C36H43NO5S. The van der Waals surface area contributed by atoms with Gasteiger partial charge in [0.15, 0.2) is 9.84 Å². The SMILES string of the molecule is C#CC(=O)[C@]1(O)CC[C@H]2[C@@H]3CCc4cc(OCCN5CCS(=O)(=O)CC5)ccc4C3[C@@H](c3ccc(C4CC4)cc3)C[C@@]21C. The molecule has 0 aromatic heterocycles. The Morgan fingerprint density at radius 3 is 2.49 bits per heavy atom. The number of benzene rings is 2. The van der Waals surface area contributed by atoms with E-state index in [0.717, 1.165) is 38.0 Å². The summed E-state index contributed by atoms with van der Waals surface area (Å²) in [6.07, 6.45) is 12.1. The molecule has 1 unspecified atom stereocenters. The Balaban J connectivity index is 1.16. The average molecular weight is 602 g/mol. The van der Waals surface area contributed by atoms with Crippen molar-refractivity contribution in [3.05, 3.63) is 64.7 Å². The topological polar surface area (TPSA) is 83.9 Å². The van der Waals surface area contributed by atoms with Crippen LogP contribution in [0.3, 0.4) is 0 Å². The summed E-state index contributed by atoms with van der Waals surface area (Å²) in [7, 11) is -2.88. The van der Waals surface area contributed by atoms with Crippen molar-refractivity contribution >= 4 is 15.6 Å². The van der Waals surface area contributed by atoms with E-state index in [1.807, 2.05) is 0 Å². The standard InChI is InChI=1S/C36H43NO5S/c1-3-33(38)36(39)15-14-32-30-12-10-27-22-28(42-19-16-37-17-20-43(40,41)21-18-37)11-13-29(27)34(30)31(23-35(32,36)2)26-8-6-25(7-9-26)24-4-5-24/h1,6-9,11,13,22,24,30-32,34,39H,4-5,10,12,14-21,23H2,2H3/t30-,31+,32-,34?,35-,36+/m0/s1. The number of carbonyl (C=O) groups is 1. The molecule has 0 radical (unpaired) electrons. The third-order valence-corrected chi connectivity index (χ3v) is 13.5. The van der Waals surface area contributed by atoms with Crippen LogP contribution in [0, 0.1) is 29.6 Å². The number of aliphatic hydroxyl groups is 1. The first kappa shape index (κ1) is 29.1. The van der Waals surface area contributed by atoms with Crippen molar-refractivity contribution in [1.29, 1.82) is 0 Å². The smallest absolute Gasteiger partial charge is 0.237 e. The van der Waals surface area contributed by atoms with Gasteiger partial charge in [-0.3, -0.25) is 9.69 Å². The summed E-state index contributed by atoms with van der Waals surface area (Å²) in [5.41, 5.74) is 3.38. The second-order valence-corrected chi connectivity index (χ2v) is 16.4. The summed E-state index contributed by atoms with van der Waals surface area (Å²) in [5.74, 6) is 4.93. The molecule has 0 spiro atoms. The monoisotopic (exact) mass is 601 g/mol. The fourth-order valence-corrected chi connectivity index (χ4v) is 10.6. The third-order valence-electron chi connectivity index (χ3n) is 11.9. The number of sulfone groups is 1. The normalized spacial score (nSPS) is 34.8. The lowest BCUT2D eigenvalue weighted by Gasteiger charge is -2.56. The van der Waals surface area contributed by atoms with Crippen molar-refractivity contribution in [3.63, 3.8) is 0 Å². The van der Waals surface area contributed by atoms with Gasteiger partial charge >= 0.3 is 0 Å². The Kier molecular flexibility index (Phi) is 7.27. The first-order valence-corrected chi connectivity index (χ1v) is 18.0. The summed E-state index contributed by atoms with van der Waals surface area (Å²) in [6.45, 7) is 4.53. The largest absolute Gasteiger partial charge is 0.492 e. The van der Waals surface area contributed by atoms with Crippen LogP contribution in [0.25, 0.3) is 0 Å². The lowest BCUT2D eigenvalue weighted by Crippen LogP contribution is -2.56. The third kappa shape index (κ3) is 5.04. The first-order valence-electron chi connectivity index (χ1n) is 16.1. The highest BCUT2D eigenvalue weighted by Crippen LogP contribution is 2.68. The molecule has 5 aliphatic rings. The number of aryl methyl sites for hydroxylation is 1. The number of rotatable bonds is 7. The summed E-state index contributed by atoms with van der Waals surface area (Å²) >= 11 is 0. The summed E-state index contributed by atoms with van der Waals surface area (Å²) in [6, 6.07) is 15.7. The molecule has 4 aliphatic carbocycles. The number of ketones is 1. The molecule has 4 fully saturated rings. The molecule has 0 amide bonds. The van der Waals surface area contributed by atoms with Gasteiger partial charge in [-0.05, 0) is 115 Å². The van der Waals surface area contributed by atoms with Crippen LogP contribution in [0.1, 0.15) is 85.5 Å². The van der Waals surface area contributed by atoms with E-state index in [1.165, 1.54) is 35.1 Å². The van der Waals surface area contributed by atoms with Crippen LogP contribution in [-0.2, 0) is 21.1 Å². The molecule has 6 nitrogen and oxygen atoms in total. The minimum Gasteiger partial charge on any atom is -0.492 e. The minimum atomic E-state index is -2.88. The zero-order valence-corrected chi connectivity index (χ0v) is 26.0. The zero-order chi connectivity index (χ0) is 30.0. The number of nitrogens with zero attached hydrogens (tertiary/aromatic N) is 1. The molecule has 1 saturated heterocycles. The highest BCUT2D eigenvalue weighted by Gasteiger charge is 2.66. The lowest BCUT2D eigenvalue weighted by molar-refractivity contribution is -0.152. The second kappa shape index (κ2) is 10.8. The van der Waals surface area contributed by atoms with E-state index in [1.54, 1.807) is 0 Å². The maximum absolute atomic E-state index is 13.0. The molecule has 2 aromatic carbocycles. The quantitative estimate of drug-likeness (QED) is 0.361. The highest BCUT2D eigenvalue weighted by atomic mass is 32.2. The van der Waals surface area contributed by atoms with Crippen LogP contribution in [-0.4, -0.2) is 67.6 Å². The molecule has 1 aliphatic heterocycles. The number of fused-ring (bicyclic) bond motifs is 5. The van der Waals surface area contributed by atoms with Crippen molar-refractivity contribution in [1.82, 2.24) is 4.90 Å². The molecule has 0 bridgehead atoms. The molecule has 3 saturated carbocycles. The van der Waals surface area contributed by atoms with E-state index in [2.05, 4.69) is 60.2 Å². The number of Topliss-reactive ketones (excluding diaryl/α,β-unsaturated/α-hetero) is 1. The molecule has 228 valence electrons. The molecule has 7 rings (SSSR count). The fourth-order valence-electron chi connectivity index (χ4n) is 9.29. The highest BCUT2D eigenvalue weighted by molar-refractivity contribution is 7.91. The average Bonchev–Trinajstić information content (AvgIpc) is 3.82. The number of ether oxygens (including phenoxy) is 1. The summed E-state index contributed by atoms with van der Waals surface area (Å²) in [4.78, 5) is 15.2. The second-order valence-electron chi connectivity index (χ2n) is 14.1. The van der Waals surface area contributed by atoms with Gasteiger partial charge in [-0.1, -0.05) is 37.3 Å². The predicted octanol–water partition coefficient (Wildman–Crippen LogP) is 4.86. The van der Waals surface area contributed by atoms with Gasteiger partial charge in [0.25, 0.3) is 0 Å². The minimum absolute atomic E-state index is 0.177. The summed E-state index contributed by atoms with van der Waals surface area (Å²) in [5, 5.41) is 11.9. The van der Waals surface area contributed by atoms with E-state index in [9.17, 15) is 18.3 Å². The van der Waals surface area contributed by atoms with Crippen LogP contribution < -0.4 is 4.74 Å². The van der Waals surface area contributed by atoms with Gasteiger partial charge in [0, 0.05) is 25.0 Å². The van der Waals surface area contributed by atoms with Crippen LogP contribution in [0.2, 0.25) is 0 Å². The van der Waals surface area contributed by atoms with Crippen LogP contribution in [0.4, 0.5) is 0 Å². The Hall–Kier alpha value is -2.66. The van der Waals surface area contributed by atoms with E-state index >= 15 is 0 Å². The predicted molar refractivity (Wildman–Crippen MR) is 167 cm³/mol. The molecule has 43 heavy (non-hydrogen) atoms. The number of hydrogen-bond donors (Lipinski definition) is 1. The molecule has 1 N–H and O–H groups in total. The van der Waals surface area contributed by atoms with Gasteiger partial charge in [0.2, 0.25) is 5.78 Å². The first-order chi connectivity index (χ1) is 20.6. The Morgan fingerprint density at radius 1 is 1.07 bits per heavy atom. The molecule has 1 heterocycles. The van der Waals surface area contributed by atoms with Crippen molar-refractivity contribution in [2.75, 3.05) is 37.7 Å². The maximum atomic E-state index is 13.0. The van der Waals surface area contributed by atoms with Gasteiger partial charge in [0.05, 0.1) is 11.5 Å². The van der Waals surface area contributed by atoms with Crippen LogP contribution in [0.15, 0.2) is 42.5 Å². The van der Waals surface area contributed by atoms with E-state index in [4.69, 9.17) is 11.2 Å². The molecular weight excluding hydrogens is 558 g/mol. The Labute approximate surface area is 256 Å². The number of carbonyl (C=O) groups excluding carboxylic acids is 1. The molecule has 6 atom stereocenters.